The summed E-state index contributed by atoms with van der Waals surface area (Å²) in [5, 5.41) is 8.49. The van der Waals surface area contributed by atoms with Crippen molar-refractivity contribution in [3.63, 3.8) is 0 Å². The van der Waals surface area contributed by atoms with Gasteiger partial charge < -0.3 is 5.73 Å². The van der Waals surface area contributed by atoms with Crippen LogP contribution in [0.5, 0.6) is 0 Å². The first kappa shape index (κ1) is 20.8. The number of fused-ring (bicyclic) bond motifs is 1. The summed E-state index contributed by atoms with van der Waals surface area (Å²) in [5.41, 5.74) is 6.44. The number of anilines is 1. The van der Waals surface area contributed by atoms with Crippen molar-refractivity contribution in [2.24, 2.45) is 10.2 Å². The van der Waals surface area contributed by atoms with Crippen molar-refractivity contribution in [3.8, 4) is 0 Å². The fraction of sp³-hybridized carbons (Fsp3) is 0. The van der Waals surface area contributed by atoms with Crippen LogP contribution < -0.4 is 5.73 Å². The van der Waals surface area contributed by atoms with Gasteiger partial charge in [0.2, 0.25) is 0 Å². The molecule has 3 rings (SSSR count). The van der Waals surface area contributed by atoms with E-state index < -0.39 is 15.9 Å². The Morgan fingerprint density at radius 2 is 1.62 bits per heavy atom. The molecule has 3 aromatic carbocycles. The quantitative estimate of drug-likeness (QED) is 0.295. The van der Waals surface area contributed by atoms with Gasteiger partial charge in [-0.3, -0.25) is 4.55 Å². The summed E-state index contributed by atoms with van der Waals surface area (Å²) in [6.45, 7) is 0. The zero-order valence-corrected chi connectivity index (χ0v) is 14.1. The van der Waals surface area contributed by atoms with Gasteiger partial charge in [-0.25, -0.2) is 4.39 Å². The molecule has 0 amide bonds. The van der Waals surface area contributed by atoms with Crippen LogP contribution in [0, 0.1) is 5.82 Å². The molecule has 0 atom stereocenters. The number of nitrogens with zero attached hydrogens (tertiary/aromatic N) is 2. The second kappa shape index (κ2) is 7.99. The molecule has 0 saturated heterocycles. The van der Waals surface area contributed by atoms with Crippen LogP contribution in [0.4, 0.5) is 21.5 Å². The third kappa shape index (κ3) is 4.22. The van der Waals surface area contributed by atoms with E-state index in [1.807, 2.05) is 0 Å². The molecule has 6 nitrogen and oxygen atoms in total. The van der Waals surface area contributed by atoms with Crippen LogP contribution in [0.15, 0.2) is 63.7 Å². The fourth-order valence-electron chi connectivity index (χ4n) is 2.32. The number of nitrogen functional groups attached to an aromatic ring is 1. The minimum atomic E-state index is -4.50. The number of hydrogen-bond acceptors (Lipinski definition) is 5. The molecule has 3 N–H and O–H groups in total. The number of benzene rings is 3. The maximum absolute atomic E-state index is 13.1. The zero-order chi connectivity index (χ0) is 18.2. The van der Waals surface area contributed by atoms with Gasteiger partial charge in [0.25, 0.3) is 10.1 Å². The van der Waals surface area contributed by atoms with E-state index in [1.165, 1.54) is 12.1 Å². The zero-order valence-electron chi connectivity index (χ0n) is 12.5. The van der Waals surface area contributed by atoms with Crippen molar-refractivity contribution in [2.45, 2.75) is 4.90 Å². The normalized spacial score (nSPS) is 11.7. The molecule has 0 radical (unpaired) electrons. The van der Waals surface area contributed by atoms with Crippen LogP contribution in [0.3, 0.4) is 0 Å². The Bertz CT molecular complexity index is 1120. The van der Waals surface area contributed by atoms with E-state index >= 15 is 0 Å². The molecule has 0 aliphatic carbocycles. The number of hydrogen-bond donors (Lipinski definition) is 2. The van der Waals surface area contributed by atoms with Crippen molar-refractivity contribution in [1.29, 1.82) is 0 Å². The molecule has 0 aliphatic rings. The number of azo groups is 1. The van der Waals surface area contributed by atoms with Gasteiger partial charge in [-0.05, 0) is 24.3 Å². The van der Waals surface area contributed by atoms with E-state index in [2.05, 4.69) is 10.2 Å². The average Bonchev–Trinajstić information content (AvgIpc) is 2.54. The van der Waals surface area contributed by atoms with Gasteiger partial charge in [-0.15, -0.1) is 10.2 Å². The van der Waals surface area contributed by atoms with Gasteiger partial charge in [0.15, 0.2) is 0 Å². The topological polar surface area (TPSA) is 105 Å². The van der Waals surface area contributed by atoms with Crippen LogP contribution >= 0.6 is 11.6 Å². The van der Waals surface area contributed by atoms with E-state index in [-0.39, 0.29) is 61.9 Å². The molecule has 130 valence electrons. The summed E-state index contributed by atoms with van der Waals surface area (Å²) < 4.78 is 45.8. The molecule has 0 unspecified atom stereocenters. The summed E-state index contributed by atoms with van der Waals surface area (Å²) in [6, 6.07) is 11.1. The average molecular weight is 404 g/mol. The van der Waals surface area contributed by atoms with Gasteiger partial charge in [0, 0.05) is 10.8 Å². The summed E-state index contributed by atoms with van der Waals surface area (Å²) >= 11 is 5.87. The van der Waals surface area contributed by atoms with Crippen LogP contribution in [0.1, 0.15) is 0 Å². The van der Waals surface area contributed by atoms with Crippen LogP contribution in [-0.4, -0.2) is 42.5 Å². The van der Waals surface area contributed by atoms with Crippen molar-refractivity contribution in [2.75, 3.05) is 5.73 Å². The van der Waals surface area contributed by atoms with Gasteiger partial charge in [-0.1, -0.05) is 35.9 Å². The summed E-state index contributed by atoms with van der Waals surface area (Å²) in [6.07, 6.45) is 0. The molecule has 0 aromatic heterocycles. The molecular formula is C16H12ClFN3NaO3S. The number of nitrogens with two attached hydrogens (primary N) is 1. The molecule has 0 fully saturated rings. The van der Waals surface area contributed by atoms with Gasteiger partial charge >= 0.3 is 29.6 Å². The second-order valence-electron chi connectivity index (χ2n) is 5.12. The van der Waals surface area contributed by atoms with E-state index in [9.17, 15) is 17.4 Å². The first-order valence-electron chi connectivity index (χ1n) is 6.93. The van der Waals surface area contributed by atoms with Gasteiger partial charge in [0.05, 0.1) is 10.7 Å². The molecular weight excluding hydrogens is 392 g/mol. The minimum absolute atomic E-state index is 0. The fourth-order valence-corrected chi connectivity index (χ4v) is 3.24. The van der Waals surface area contributed by atoms with Crippen LogP contribution in [0.25, 0.3) is 10.8 Å². The first-order chi connectivity index (χ1) is 11.8. The Hall–Kier alpha value is -1.55. The summed E-state index contributed by atoms with van der Waals surface area (Å²) in [7, 11) is -4.50. The number of halogens is 2. The second-order valence-corrected chi connectivity index (χ2v) is 6.92. The van der Waals surface area contributed by atoms with E-state index in [0.29, 0.717) is 5.39 Å². The Balaban J connectivity index is 0.00000243. The van der Waals surface area contributed by atoms with E-state index in [4.69, 9.17) is 17.3 Å². The van der Waals surface area contributed by atoms with Crippen molar-refractivity contribution in [3.05, 3.63) is 59.4 Å². The molecule has 10 heteroatoms. The summed E-state index contributed by atoms with van der Waals surface area (Å²) in [4.78, 5) is -0.337. The summed E-state index contributed by atoms with van der Waals surface area (Å²) in [5.74, 6) is -0.525. The third-order valence-electron chi connectivity index (χ3n) is 3.48. The Morgan fingerprint density at radius 1 is 1.00 bits per heavy atom. The van der Waals surface area contributed by atoms with Crippen molar-refractivity contribution in [1.82, 2.24) is 0 Å². The molecule has 0 bridgehead atoms. The van der Waals surface area contributed by atoms with Crippen molar-refractivity contribution >= 4 is 79.1 Å². The predicted molar refractivity (Wildman–Crippen MR) is 101 cm³/mol. The maximum atomic E-state index is 13.1. The molecule has 3 aromatic rings. The molecule has 26 heavy (non-hydrogen) atoms. The monoisotopic (exact) mass is 403 g/mol. The van der Waals surface area contributed by atoms with Gasteiger partial charge in [-0.2, -0.15) is 8.42 Å². The van der Waals surface area contributed by atoms with Gasteiger partial charge in [0.1, 0.15) is 22.1 Å². The van der Waals surface area contributed by atoms with E-state index in [0.717, 1.165) is 18.2 Å². The predicted octanol–water partition coefficient (Wildman–Crippen LogP) is 4.23. The Morgan fingerprint density at radius 3 is 2.23 bits per heavy atom. The molecule has 0 saturated carbocycles. The van der Waals surface area contributed by atoms with E-state index in [1.54, 1.807) is 18.2 Å². The molecule has 0 spiro atoms. The Labute approximate surface area is 175 Å². The molecule has 0 aliphatic heterocycles. The first-order valence-corrected chi connectivity index (χ1v) is 8.74. The van der Waals surface area contributed by atoms with Crippen LogP contribution in [-0.2, 0) is 10.1 Å². The number of rotatable bonds is 3. The van der Waals surface area contributed by atoms with Crippen molar-refractivity contribution < 1.29 is 17.4 Å². The standard InChI is InChI=1S/C16H11ClFN3O3S.Na.H/c17-12-7-9(18)5-6-13(12)20-21-14-8-15(25(22,23)24)10-3-1-2-4-11(10)16(14)19;;/h1-8H,19H2,(H,22,23,24);;. The van der Waals surface area contributed by atoms with Crippen LogP contribution in [0.2, 0.25) is 5.02 Å². The Kier molecular flexibility index (Phi) is 6.38. The molecule has 0 heterocycles. The third-order valence-corrected chi connectivity index (χ3v) is 4.68. The SMILES string of the molecule is Nc1c(N=Nc2ccc(F)cc2Cl)cc(S(=O)(=O)O)c2ccccc12.[NaH].